The highest BCUT2D eigenvalue weighted by Gasteiger charge is 2.77. The van der Waals surface area contributed by atoms with Gasteiger partial charge in [-0.3, -0.25) is 14.4 Å². The molecule has 2 amide bonds. The SMILES string of the molecule is C=CCN(Cn1nnc2ccccc21)C(=O)C1N([C@@H](CO)[C@@H](C)CC)C(=O)[C@@H]2[C@@H](C(=O)OCC)[C@@H]3OC12CC3Br. The summed E-state index contributed by atoms with van der Waals surface area (Å²) in [5.74, 6) is -3.08. The van der Waals surface area contributed by atoms with E-state index in [1.807, 2.05) is 38.1 Å². The molecule has 3 fully saturated rings. The number of nitrogens with zero attached hydrogens (tertiary/aromatic N) is 5. The van der Waals surface area contributed by atoms with E-state index in [9.17, 15) is 19.5 Å². The first kappa shape index (κ1) is 28.7. The maximum Gasteiger partial charge on any atom is 0.312 e. The van der Waals surface area contributed by atoms with Gasteiger partial charge in [-0.25, -0.2) is 4.68 Å². The average Bonchev–Trinajstić information content (AvgIpc) is 3.66. The Morgan fingerprint density at radius 2 is 2.12 bits per heavy atom. The summed E-state index contributed by atoms with van der Waals surface area (Å²) in [7, 11) is 0. The number of ether oxygens (including phenoxy) is 2. The van der Waals surface area contributed by atoms with Crippen molar-refractivity contribution < 1.29 is 29.0 Å². The number of likely N-dealkylation sites (tertiary alicyclic amines) is 1. The number of aliphatic hydroxyl groups is 1. The topological polar surface area (TPSA) is 127 Å². The molecule has 12 heteroatoms. The number of alkyl halides is 1. The van der Waals surface area contributed by atoms with Crippen LogP contribution in [-0.4, -0.2) is 96.1 Å². The van der Waals surface area contributed by atoms with Gasteiger partial charge in [-0.2, -0.15) is 0 Å². The molecule has 40 heavy (non-hydrogen) atoms. The molecule has 2 bridgehead atoms. The third-order valence-corrected chi connectivity index (χ3v) is 9.60. The van der Waals surface area contributed by atoms with E-state index in [0.29, 0.717) is 18.4 Å². The fourth-order valence-electron chi connectivity index (χ4n) is 6.76. The second-order valence-electron chi connectivity index (χ2n) is 10.9. The van der Waals surface area contributed by atoms with Crippen molar-refractivity contribution in [1.82, 2.24) is 24.8 Å². The van der Waals surface area contributed by atoms with Crippen LogP contribution in [0.15, 0.2) is 36.9 Å². The summed E-state index contributed by atoms with van der Waals surface area (Å²) >= 11 is 3.67. The Morgan fingerprint density at radius 1 is 1.38 bits per heavy atom. The maximum atomic E-state index is 14.6. The van der Waals surface area contributed by atoms with Crippen molar-refractivity contribution in [1.29, 1.82) is 0 Å². The van der Waals surface area contributed by atoms with Gasteiger partial charge in [-0.1, -0.05) is 59.6 Å². The summed E-state index contributed by atoms with van der Waals surface area (Å²) < 4.78 is 13.6. The van der Waals surface area contributed by atoms with E-state index in [-0.39, 0.29) is 49.0 Å². The molecule has 3 unspecified atom stereocenters. The fourth-order valence-corrected chi connectivity index (χ4v) is 7.70. The summed E-state index contributed by atoms with van der Waals surface area (Å²) in [5, 5.41) is 19.0. The lowest BCUT2D eigenvalue weighted by atomic mass is 9.70. The number of amides is 2. The first-order chi connectivity index (χ1) is 19.2. The van der Waals surface area contributed by atoms with Crippen molar-refractivity contribution in [2.75, 3.05) is 19.8 Å². The van der Waals surface area contributed by atoms with Gasteiger partial charge in [0.25, 0.3) is 0 Å². The second-order valence-corrected chi connectivity index (χ2v) is 12.0. The van der Waals surface area contributed by atoms with Gasteiger partial charge >= 0.3 is 5.97 Å². The highest BCUT2D eigenvalue weighted by Crippen LogP contribution is 2.61. The normalized spacial score (nSPS) is 30.4. The van der Waals surface area contributed by atoms with Gasteiger partial charge in [0.15, 0.2) is 0 Å². The molecule has 1 N–H and O–H groups in total. The number of carbonyl (C=O) groups excluding carboxylic acids is 3. The van der Waals surface area contributed by atoms with Gasteiger partial charge in [-0.05, 0) is 31.4 Å². The minimum atomic E-state index is -1.25. The molecule has 1 aromatic heterocycles. The number of halogens is 1. The zero-order chi connectivity index (χ0) is 28.8. The number of hydrogen-bond donors (Lipinski definition) is 1. The standard InChI is InChI=1S/C28H36BrN5O6/c1-5-12-32(15-33-19-11-9-8-10-18(19)30-31-33)26(37)24-28-13-17(29)23(40-28)21(27(38)39-7-3)22(28)25(36)34(24)20(14-35)16(4)6-2/h5,8-11,16-17,20-24,35H,1,6-7,12-15H2,2-4H3/t16-,17?,20-,21+,22-,23+,24?,28?/m0/s1. The summed E-state index contributed by atoms with van der Waals surface area (Å²) in [5.41, 5.74) is 0.197. The van der Waals surface area contributed by atoms with E-state index >= 15 is 0 Å². The van der Waals surface area contributed by atoms with Gasteiger partial charge in [0.1, 0.15) is 23.8 Å². The van der Waals surface area contributed by atoms with Crippen LogP contribution in [-0.2, 0) is 30.5 Å². The monoisotopic (exact) mass is 617 g/mol. The zero-order valence-electron chi connectivity index (χ0n) is 23.0. The van der Waals surface area contributed by atoms with Crippen LogP contribution in [0.4, 0.5) is 0 Å². The molecule has 0 aliphatic carbocycles. The van der Waals surface area contributed by atoms with E-state index in [4.69, 9.17) is 9.47 Å². The lowest BCUT2D eigenvalue weighted by Crippen LogP contribution is -2.60. The Kier molecular flexibility index (Phi) is 8.04. The Morgan fingerprint density at radius 3 is 2.80 bits per heavy atom. The third-order valence-electron chi connectivity index (χ3n) is 8.75. The quantitative estimate of drug-likeness (QED) is 0.231. The van der Waals surface area contributed by atoms with E-state index in [2.05, 4.69) is 32.8 Å². The predicted octanol–water partition coefficient (Wildman–Crippen LogP) is 2.12. The van der Waals surface area contributed by atoms with Gasteiger partial charge in [0, 0.05) is 11.4 Å². The van der Waals surface area contributed by atoms with Crippen molar-refractivity contribution in [2.24, 2.45) is 17.8 Å². The number of carbonyl (C=O) groups is 3. The highest BCUT2D eigenvalue weighted by atomic mass is 79.9. The zero-order valence-corrected chi connectivity index (χ0v) is 24.6. The maximum absolute atomic E-state index is 14.6. The molecule has 216 valence electrons. The molecule has 0 saturated carbocycles. The van der Waals surface area contributed by atoms with Gasteiger partial charge in [-0.15, -0.1) is 11.7 Å². The first-order valence-corrected chi connectivity index (χ1v) is 14.7. The molecular weight excluding hydrogens is 582 g/mol. The minimum Gasteiger partial charge on any atom is -0.466 e. The number of fused-ring (bicyclic) bond motifs is 2. The number of benzene rings is 1. The second kappa shape index (κ2) is 11.2. The van der Waals surface area contributed by atoms with Crippen molar-refractivity contribution in [3.05, 3.63) is 36.9 Å². The van der Waals surface area contributed by atoms with Gasteiger partial charge < -0.3 is 24.4 Å². The van der Waals surface area contributed by atoms with Crippen LogP contribution in [0.25, 0.3) is 11.0 Å². The third kappa shape index (κ3) is 4.35. The molecule has 4 heterocycles. The van der Waals surface area contributed by atoms with E-state index in [0.717, 1.165) is 5.52 Å². The van der Waals surface area contributed by atoms with Crippen molar-refractivity contribution in [3.63, 3.8) is 0 Å². The van der Waals surface area contributed by atoms with Crippen LogP contribution in [0.2, 0.25) is 0 Å². The molecule has 0 radical (unpaired) electrons. The van der Waals surface area contributed by atoms with Crippen molar-refractivity contribution >= 4 is 44.7 Å². The Labute approximate surface area is 241 Å². The van der Waals surface area contributed by atoms with Gasteiger partial charge in [0.05, 0.1) is 42.7 Å². The van der Waals surface area contributed by atoms with Crippen LogP contribution in [0, 0.1) is 17.8 Å². The largest absolute Gasteiger partial charge is 0.466 e. The van der Waals surface area contributed by atoms with Crippen LogP contribution >= 0.6 is 15.9 Å². The van der Waals surface area contributed by atoms with Gasteiger partial charge in [0.2, 0.25) is 11.8 Å². The highest BCUT2D eigenvalue weighted by molar-refractivity contribution is 9.09. The van der Waals surface area contributed by atoms with Crippen LogP contribution in [0.1, 0.15) is 33.6 Å². The summed E-state index contributed by atoms with van der Waals surface area (Å²) in [6, 6.07) is 5.76. The smallest absolute Gasteiger partial charge is 0.312 e. The Bertz CT molecular complexity index is 1300. The van der Waals surface area contributed by atoms with Crippen molar-refractivity contribution in [3.8, 4) is 0 Å². The molecule has 5 rings (SSSR count). The lowest BCUT2D eigenvalue weighted by molar-refractivity contribution is -0.157. The molecule has 8 atom stereocenters. The average molecular weight is 619 g/mol. The summed E-state index contributed by atoms with van der Waals surface area (Å²) in [6.07, 6.45) is 2.06. The summed E-state index contributed by atoms with van der Waals surface area (Å²) in [4.78, 5) is 45.0. The molecule has 3 aliphatic heterocycles. The Balaban J connectivity index is 1.59. The molecule has 1 aromatic carbocycles. The fraction of sp³-hybridized carbons (Fsp3) is 0.607. The number of esters is 1. The molecule has 2 aromatic rings. The van der Waals surface area contributed by atoms with Crippen LogP contribution in [0.3, 0.4) is 0 Å². The number of para-hydroxylation sites is 1. The predicted molar refractivity (Wildman–Crippen MR) is 149 cm³/mol. The molecule has 3 aliphatic rings. The molecule has 3 saturated heterocycles. The lowest BCUT2D eigenvalue weighted by Gasteiger charge is -2.40. The number of aliphatic hydroxyl groups excluding tert-OH is 1. The molecular formula is C28H36BrN5O6. The first-order valence-electron chi connectivity index (χ1n) is 13.8. The van der Waals surface area contributed by atoms with E-state index in [1.165, 1.54) is 4.90 Å². The van der Waals surface area contributed by atoms with Crippen molar-refractivity contribution in [2.45, 2.75) is 68.9 Å². The minimum absolute atomic E-state index is 0.0697. The van der Waals surface area contributed by atoms with E-state index in [1.54, 1.807) is 22.6 Å². The number of rotatable bonds is 11. The van der Waals surface area contributed by atoms with Crippen LogP contribution < -0.4 is 0 Å². The number of hydrogen-bond acceptors (Lipinski definition) is 8. The number of aromatic nitrogens is 3. The van der Waals surface area contributed by atoms with E-state index < -0.39 is 41.6 Å². The molecule has 11 nitrogen and oxygen atoms in total. The summed E-state index contributed by atoms with van der Waals surface area (Å²) in [6.45, 7) is 9.58. The molecule has 1 spiro atoms. The Hall–Kier alpha value is -2.83. The van der Waals surface area contributed by atoms with Crippen LogP contribution in [0.5, 0.6) is 0 Å².